The Hall–Kier alpha value is -1.32. The topological polar surface area (TPSA) is 111 Å². The van der Waals surface area contributed by atoms with Gasteiger partial charge in [0, 0.05) is 7.11 Å². The number of amides is 1. The molecule has 1 unspecified atom stereocenters. The summed E-state index contributed by atoms with van der Waals surface area (Å²) in [5, 5.41) is 12.5. The monoisotopic (exact) mass is 433 g/mol. The van der Waals surface area contributed by atoms with E-state index in [0.717, 1.165) is 12.8 Å². The third-order valence-corrected chi connectivity index (χ3v) is 5.91. The molecule has 0 bridgehead atoms. The molecule has 2 atom stereocenters. The van der Waals surface area contributed by atoms with Crippen molar-refractivity contribution in [3.05, 3.63) is 0 Å². The van der Waals surface area contributed by atoms with Crippen LogP contribution in [0.3, 0.4) is 0 Å². The third-order valence-electron chi connectivity index (χ3n) is 5.27. The molecule has 0 radical (unpaired) electrons. The van der Waals surface area contributed by atoms with Crippen molar-refractivity contribution >= 4 is 29.6 Å². The Morgan fingerprint density at radius 3 is 2.45 bits per heavy atom. The number of hydrogen-bond donors (Lipinski definition) is 2. The average Bonchev–Trinajstić information content (AvgIpc) is 3.17. The van der Waals surface area contributed by atoms with Crippen LogP contribution in [0, 0.1) is 11.3 Å². The average molecular weight is 434 g/mol. The van der Waals surface area contributed by atoms with E-state index in [1.807, 2.05) is 6.26 Å². The molecule has 9 heteroatoms. The molecule has 1 aliphatic carbocycles. The Kier molecular flexibility index (Phi) is 12.3. The van der Waals surface area contributed by atoms with Crippen LogP contribution in [0.25, 0.3) is 0 Å². The zero-order valence-electron chi connectivity index (χ0n) is 17.7. The third kappa shape index (κ3) is 8.52. The number of aliphatic carboxylic acids is 1. The molecule has 1 amide bonds. The number of carbonyl (C=O) groups excluding carboxylic acids is 2. The summed E-state index contributed by atoms with van der Waals surface area (Å²) in [6.45, 7) is 2.69. The Morgan fingerprint density at radius 2 is 1.90 bits per heavy atom. The van der Waals surface area contributed by atoms with Crippen LogP contribution >= 0.6 is 11.8 Å². The van der Waals surface area contributed by atoms with E-state index >= 15 is 0 Å². The fourth-order valence-corrected chi connectivity index (χ4v) is 4.14. The second-order valence-electron chi connectivity index (χ2n) is 7.35. The van der Waals surface area contributed by atoms with Gasteiger partial charge in [-0.3, -0.25) is 9.59 Å². The van der Waals surface area contributed by atoms with Crippen LogP contribution in [0.5, 0.6) is 0 Å². The highest BCUT2D eigenvalue weighted by Gasteiger charge is 2.45. The minimum Gasteiger partial charge on any atom is -0.481 e. The quantitative estimate of drug-likeness (QED) is 0.298. The molecule has 2 N–H and O–H groups in total. The van der Waals surface area contributed by atoms with Gasteiger partial charge in [-0.05, 0) is 44.6 Å². The summed E-state index contributed by atoms with van der Waals surface area (Å²) >= 11 is 1.59. The van der Waals surface area contributed by atoms with E-state index in [2.05, 4.69) is 5.32 Å². The van der Waals surface area contributed by atoms with Gasteiger partial charge in [0.2, 0.25) is 5.91 Å². The Balaban J connectivity index is 2.86. The van der Waals surface area contributed by atoms with E-state index in [0.29, 0.717) is 38.2 Å². The number of carbonyl (C=O) groups is 3. The number of esters is 1. The number of nitrogens with one attached hydrogen (secondary N) is 1. The summed E-state index contributed by atoms with van der Waals surface area (Å²) in [6.07, 6.45) is 5.54. The first-order chi connectivity index (χ1) is 13.9. The van der Waals surface area contributed by atoms with Crippen molar-refractivity contribution < 1.29 is 33.7 Å². The number of rotatable bonds is 15. The normalized spacial score (nSPS) is 17.5. The maximum Gasteiger partial charge on any atom is 0.328 e. The number of carboxylic acids is 1. The van der Waals surface area contributed by atoms with E-state index in [1.165, 1.54) is 0 Å². The van der Waals surface area contributed by atoms with E-state index in [-0.39, 0.29) is 25.5 Å². The van der Waals surface area contributed by atoms with Gasteiger partial charge in [-0.1, -0.05) is 12.8 Å². The Morgan fingerprint density at radius 1 is 1.21 bits per heavy atom. The molecular formula is C20H35NO7S. The standard InChI is InChI=1S/C20H35NO7S/c1-4-28-18(24)16(7-12-29-3)21-19(25)20(8-5-6-9-20)13-15(17(22)23)14-27-11-10-26-2/h15-16H,4-14H2,1-3H3,(H,21,25)(H,22,23)/t15?,16-/m0/s1. The Bertz CT molecular complexity index is 523. The van der Waals surface area contributed by atoms with Crippen molar-refractivity contribution in [1.82, 2.24) is 5.32 Å². The second kappa shape index (κ2) is 13.8. The van der Waals surface area contributed by atoms with Crippen molar-refractivity contribution in [3.63, 3.8) is 0 Å². The summed E-state index contributed by atoms with van der Waals surface area (Å²) in [6, 6.07) is -0.714. The molecule has 1 rings (SSSR count). The van der Waals surface area contributed by atoms with Crippen molar-refractivity contribution in [2.45, 2.75) is 51.5 Å². The molecular weight excluding hydrogens is 398 g/mol. The van der Waals surface area contributed by atoms with Crippen LogP contribution in [0.1, 0.15) is 45.4 Å². The number of ether oxygens (including phenoxy) is 3. The molecule has 0 aromatic carbocycles. The van der Waals surface area contributed by atoms with Gasteiger partial charge >= 0.3 is 11.9 Å². The van der Waals surface area contributed by atoms with Gasteiger partial charge in [-0.25, -0.2) is 4.79 Å². The molecule has 1 aliphatic rings. The minimum atomic E-state index is -0.981. The van der Waals surface area contributed by atoms with Gasteiger partial charge in [-0.15, -0.1) is 0 Å². The highest BCUT2D eigenvalue weighted by Crippen LogP contribution is 2.43. The summed E-state index contributed by atoms with van der Waals surface area (Å²) in [5.41, 5.74) is -0.794. The molecule has 0 heterocycles. The fraction of sp³-hybridized carbons (Fsp3) is 0.850. The zero-order valence-corrected chi connectivity index (χ0v) is 18.6. The van der Waals surface area contributed by atoms with Crippen LogP contribution < -0.4 is 5.32 Å². The van der Waals surface area contributed by atoms with Gasteiger partial charge in [0.05, 0.1) is 37.8 Å². The lowest BCUT2D eigenvalue weighted by atomic mass is 9.76. The minimum absolute atomic E-state index is 0.0293. The van der Waals surface area contributed by atoms with Crippen LogP contribution in [-0.4, -0.2) is 74.5 Å². The zero-order chi connectivity index (χ0) is 21.7. The lowest BCUT2D eigenvalue weighted by Gasteiger charge is -2.32. The van der Waals surface area contributed by atoms with Crippen molar-refractivity contribution in [2.75, 3.05) is 45.5 Å². The Labute approximate surface area is 177 Å². The lowest BCUT2D eigenvalue weighted by Crippen LogP contribution is -2.49. The van der Waals surface area contributed by atoms with Gasteiger partial charge < -0.3 is 24.6 Å². The lowest BCUT2D eigenvalue weighted by molar-refractivity contribution is -0.151. The predicted octanol–water partition coefficient (Wildman–Crippen LogP) is 2.10. The summed E-state index contributed by atoms with van der Waals surface area (Å²) in [5.74, 6) is -1.76. The molecule has 0 aromatic heterocycles. The molecule has 29 heavy (non-hydrogen) atoms. The molecule has 0 aromatic rings. The smallest absolute Gasteiger partial charge is 0.328 e. The van der Waals surface area contributed by atoms with Crippen molar-refractivity contribution in [3.8, 4) is 0 Å². The summed E-state index contributed by atoms with van der Waals surface area (Å²) < 4.78 is 15.4. The number of thioether (sulfide) groups is 1. The first-order valence-electron chi connectivity index (χ1n) is 10.2. The number of carboxylic acid groups (broad SMARTS) is 1. The fourth-order valence-electron chi connectivity index (χ4n) is 3.67. The first-order valence-corrected chi connectivity index (χ1v) is 11.6. The molecule has 1 fully saturated rings. The number of hydrogen-bond acceptors (Lipinski definition) is 7. The van der Waals surface area contributed by atoms with E-state index in [9.17, 15) is 19.5 Å². The van der Waals surface area contributed by atoms with Crippen LogP contribution in [-0.2, 0) is 28.6 Å². The van der Waals surface area contributed by atoms with Gasteiger partial charge in [0.25, 0.3) is 0 Å². The van der Waals surface area contributed by atoms with Crippen LogP contribution in [0.15, 0.2) is 0 Å². The van der Waals surface area contributed by atoms with Crippen LogP contribution in [0.2, 0.25) is 0 Å². The number of methoxy groups -OCH3 is 1. The van der Waals surface area contributed by atoms with Crippen molar-refractivity contribution in [1.29, 1.82) is 0 Å². The molecule has 168 valence electrons. The largest absolute Gasteiger partial charge is 0.481 e. The SMILES string of the molecule is CCOC(=O)[C@H](CCSC)NC(=O)C1(CC(COCCOC)C(=O)O)CCCC1. The van der Waals surface area contributed by atoms with Crippen LogP contribution in [0.4, 0.5) is 0 Å². The molecule has 0 spiro atoms. The molecule has 0 aliphatic heterocycles. The molecule has 1 saturated carbocycles. The maximum absolute atomic E-state index is 13.2. The highest BCUT2D eigenvalue weighted by atomic mass is 32.2. The van der Waals surface area contributed by atoms with Gasteiger partial charge in [-0.2, -0.15) is 11.8 Å². The molecule has 0 saturated heterocycles. The van der Waals surface area contributed by atoms with E-state index < -0.39 is 29.3 Å². The second-order valence-corrected chi connectivity index (χ2v) is 8.34. The van der Waals surface area contributed by atoms with E-state index in [1.54, 1.807) is 25.8 Å². The highest BCUT2D eigenvalue weighted by molar-refractivity contribution is 7.98. The molecule has 8 nitrogen and oxygen atoms in total. The first kappa shape index (κ1) is 25.7. The predicted molar refractivity (Wildman–Crippen MR) is 111 cm³/mol. The summed E-state index contributed by atoms with van der Waals surface area (Å²) in [4.78, 5) is 37.2. The maximum atomic E-state index is 13.2. The summed E-state index contributed by atoms with van der Waals surface area (Å²) in [7, 11) is 1.55. The van der Waals surface area contributed by atoms with Gasteiger partial charge in [0.1, 0.15) is 6.04 Å². The van der Waals surface area contributed by atoms with Gasteiger partial charge in [0.15, 0.2) is 0 Å². The van der Waals surface area contributed by atoms with E-state index in [4.69, 9.17) is 14.2 Å². The van der Waals surface area contributed by atoms with Crippen molar-refractivity contribution in [2.24, 2.45) is 11.3 Å².